The number of carboxylic acid groups (broad SMARTS) is 1. The number of amides is 1. The van der Waals surface area contributed by atoms with Crippen LogP contribution in [0.4, 0.5) is 0 Å². The van der Waals surface area contributed by atoms with Crippen molar-refractivity contribution in [3.63, 3.8) is 0 Å². The van der Waals surface area contributed by atoms with E-state index in [9.17, 15) is 19.5 Å². The van der Waals surface area contributed by atoms with Gasteiger partial charge in [0, 0.05) is 0 Å². The Kier molecular flexibility index (Phi) is 5.55. The van der Waals surface area contributed by atoms with Crippen LogP contribution < -0.4 is 0 Å². The van der Waals surface area contributed by atoms with Crippen molar-refractivity contribution in [3.05, 3.63) is 35.9 Å². The van der Waals surface area contributed by atoms with Gasteiger partial charge in [-0.15, -0.1) is 0 Å². The predicted molar refractivity (Wildman–Crippen MR) is 106 cm³/mol. The molecule has 2 atom stereocenters. The maximum absolute atomic E-state index is 13.6. The number of benzene rings is 1. The SMILES string of the molecule is CC(C)(C)OC(=O)C[C@@]1(Cc2ccccc2)CCB2CC[C@@H](C(=O)O)N2C1=O. The van der Waals surface area contributed by atoms with Crippen molar-refractivity contribution in [2.75, 3.05) is 0 Å². The van der Waals surface area contributed by atoms with Crippen molar-refractivity contribution in [2.45, 2.75) is 70.7 Å². The summed E-state index contributed by atoms with van der Waals surface area (Å²) in [7, 11) is 0. The highest BCUT2D eigenvalue weighted by Gasteiger charge is 2.55. The molecule has 0 aliphatic carbocycles. The van der Waals surface area contributed by atoms with Crippen LogP contribution in [0.15, 0.2) is 30.3 Å². The average molecular weight is 385 g/mol. The lowest BCUT2D eigenvalue weighted by Crippen LogP contribution is -2.58. The van der Waals surface area contributed by atoms with Crippen molar-refractivity contribution in [1.82, 2.24) is 4.81 Å². The van der Waals surface area contributed by atoms with Crippen LogP contribution in [-0.2, 0) is 25.5 Å². The van der Waals surface area contributed by atoms with Crippen LogP contribution in [0, 0.1) is 5.41 Å². The molecule has 2 aliphatic rings. The smallest absolute Gasteiger partial charge is 0.325 e. The van der Waals surface area contributed by atoms with E-state index in [0.29, 0.717) is 31.9 Å². The molecule has 1 N–H and O–H groups in total. The Morgan fingerprint density at radius 1 is 1.25 bits per heavy atom. The summed E-state index contributed by atoms with van der Waals surface area (Å²) in [4.78, 5) is 39.5. The van der Waals surface area contributed by atoms with Gasteiger partial charge in [0.05, 0.1) is 11.8 Å². The molecule has 0 unspecified atom stereocenters. The lowest BCUT2D eigenvalue weighted by Gasteiger charge is -2.44. The molecular formula is C21H28BNO5. The van der Waals surface area contributed by atoms with Crippen LogP contribution in [0.2, 0.25) is 12.6 Å². The summed E-state index contributed by atoms with van der Waals surface area (Å²) in [5, 5.41) is 9.58. The Labute approximate surface area is 166 Å². The van der Waals surface area contributed by atoms with Gasteiger partial charge in [-0.1, -0.05) is 43.0 Å². The molecule has 2 aliphatic heterocycles. The molecule has 28 heavy (non-hydrogen) atoms. The Bertz CT molecular complexity index is 760. The summed E-state index contributed by atoms with van der Waals surface area (Å²) >= 11 is 0. The van der Waals surface area contributed by atoms with Gasteiger partial charge in [0.25, 0.3) is 6.85 Å². The van der Waals surface area contributed by atoms with E-state index in [1.807, 2.05) is 30.3 Å². The largest absolute Gasteiger partial charge is 0.480 e. The van der Waals surface area contributed by atoms with E-state index in [-0.39, 0.29) is 19.2 Å². The van der Waals surface area contributed by atoms with Gasteiger partial charge in [-0.2, -0.15) is 0 Å². The maximum Gasteiger partial charge on any atom is 0.325 e. The van der Waals surface area contributed by atoms with E-state index in [2.05, 4.69) is 0 Å². The standard InChI is InChI=1S/C21H28BNO5/c1-20(2,3)28-17(24)14-21(13-15-7-5-4-6-8-15)10-12-22-11-9-16(18(25)26)23(22)19(21)27/h4-8,16H,9-14H2,1-3H3,(H,25,26)/t16-,21-/m0/s1. The Hall–Kier alpha value is -2.31. The summed E-state index contributed by atoms with van der Waals surface area (Å²) in [5.41, 5.74) is -0.635. The van der Waals surface area contributed by atoms with Gasteiger partial charge in [0.1, 0.15) is 11.6 Å². The first-order valence-corrected chi connectivity index (χ1v) is 9.93. The molecule has 0 spiro atoms. The molecule has 1 amide bonds. The van der Waals surface area contributed by atoms with Crippen LogP contribution in [-0.4, -0.2) is 46.3 Å². The van der Waals surface area contributed by atoms with Crippen molar-refractivity contribution in [3.8, 4) is 0 Å². The molecule has 2 fully saturated rings. The number of nitrogens with zero attached hydrogens (tertiary/aromatic N) is 1. The molecule has 7 heteroatoms. The minimum atomic E-state index is -0.969. The van der Waals surface area contributed by atoms with E-state index in [1.165, 1.54) is 0 Å². The number of hydrogen-bond acceptors (Lipinski definition) is 4. The molecule has 0 bridgehead atoms. The number of hydrogen-bond donors (Lipinski definition) is 1. The maximum atomic E-state index is 13.6. The molecule has 0 saturated carbocycles. The topological polar surface area (TPSA) is 83.9 Å². The number of rotatable bonds is 5. The molecule has 3 rings (SSSR count). The minimum Gasteiger partial charge on any atom is -0.480 e. The van der Waals surface area contributed by atoms with Gasteiger partial charge in [0.15, 0.2) is 0 Å². The number of ether oxygens (including phenoxy) is 1. The fourth-order valence-electron chi connectivity index (χ4n) is 4.57. The Morgan fingerprint density at radius 2 is 1.93 bits per heavy atom. The van der Waals surface area contributed by atoms with Gasteiger partial charge in [-0.05, 0) is 45.6 Å². The highest BCUT2D eigenvalue weighted by atomic mass is 16.6. The molecule has 1 aromatic rings. The highest BCUT2D eigenvalue weighted by molar-refractivity contribution is 6.61. The zero-order valence-electron chi connectivity index (χ0n) is 16.8. The van der Waals surface area contributed by atoms with Crippen LogP contribution in [0.25, 0.3) is 0 Å². The monoisotopic (exact) mass is 385 g/mol. The number of carbonyl (C=O) groups excluding carboxylic acids is 2. The molecule has 150 valence electrons. The molecule has 0 aromatic heterocycles. The zero-order chi connectivity index (χ0) is 20.5. The molecule has 2 saturated heterocycles. The summed E-state index contributed by atoms with van der Waals surface area (Å²) in [6, 6.07) is 8.80. The van der Waals surface area contributed by atoms with Gasteiger partial charge in [-0.25, -0.2) is 0 Å². The zero-order valence-corrected chi connectivity index (χ0v) is 16.8. The van der Waals surface area contributed by atoms with Gasteiger partial charge >= 0.3 is 11.9 Å². The second-order valence-electron chi connectivity index (χ2n) is 9.04. The minimum absolute atomic E-state index is 0.0342. The van der Waals surface area contributed by atoms with E-state index < -0.39 is 29.0 Å². The van der Waals surface area contributed by atoms with Crippen molar-refractivity contribution in [2.24, 2.45) is 5.41 Å². The lowest BCUT2D eigenvalue weighted by atomic mass is 9.49. The van der Waals surface area contributed by atoms with Crippen LogP contribution in [0.3, 0.4) is 0 Å². The third kappa shape index (κ3) is 4.23. The molecule has 6 nitrogen and oxygen atoms in total. The molecule has 0 radical (unpaired) electrons. The molecular weight excluding hydrogens is 357 g/mol. The quantitative estimate of drug-likeness (QED) is 0.622. The number of carboxylic acids is 1. The third-order valence-corrected chi connectivity index (χ3v) is 5.72. The number of esters is 1. The third-order valence-electron chi connectivity index (χ3n) is 5.72. The number of carbonyl (C=O) groups is 3. The number of aliphatic carboxylic acids is 1. The highest BCUT2D eigenvalue weighted by Crippen LogP contribution is 2.44. The fraction of sp³-hybridized carbons (Fsp3) is 0.571. The van der Waals surface area contributed by atoms with E-state index in [0.717, 1.165) is 5.56 Å². The first-order chi connectivity index (χ1) is 13.1. The van der Waals surface area contributed by atoms with E-state index in [4.69, 9.17) is 4.74 Å². The summed E-state index contributed by atoms with van der Waals surface area (Å²) < 4.78 is 5.51. The van der Waals surface area contributed by atoms with Crippen LogP contribution in [0.5, 0.6) is 0 Å². The van der Waals surface area contributed by atoms with Crippen molar-refractivity contribution in [1.29, 1.82) is 0 Å². The van der Waals surface area contributed by atoms with Crippen LogP contribution in [0.1, 0.15) is 45.6 Å². The predicted octanol–water partition coefficient (Wildman–Crippen LogP) is 3.03. The first kappa shape index (κ1) is 20.4. The van der Waals surface area contributed by atoms with Gasteiger partial charge < -0.3 is 14.7 Å². The molecule has 1 aromatic carbocycles. The lowest BCUT2D eigenvalue weighted by molar-refractivity contribution is -0.163. The van der Waals surface area contributed by atoms with Crippen molar-refractivity contribution >= 4 is 24.7 Å². The normalized spacial score (nSPS) is 24.8. The Balaban J connectivity index is 1.92. The van der Waals surface area contributed by atoms with Crippen LogP contribution >= 0.6 is 0 Å². The van der Waals surface area contributed by atoms with E-state index in [1.54, 1.807) is 25.6 Å². The van der Waals surface area contributed by atoms with Gasteiger partial charge in [-0.3, -0.25) is 14.4 Å². The second kappa shape index (κ2) is 7.61. The van der Waals surface area contributed by atoms with Gasteiger partial charge in [0.2, 0.25) is 5.91 Å². The molecule has 2 heterocycles. The fourth-order valence-corrected chi connectivity index (χ4v) is 4.57. The van der Waals surface area contributed by atoms with Crippen molar-refractivity contribution < 1.29 is 24.2 Å². The summed E-state index contributed by atoms with van der Waals surface area (Å²) in [6.45, 7) is 5.35. The Morgan fingerprint density at radius 3 is 2.54 bits per heavy atom. The number of fused-ring (bicyclic) bond motifs is 1. The summed E-state index contributed by atoms with van der Waals surface area (Å²) in [6.07, 6.45) is 2.82. The van der Waals surface area contributed by atoms with E-state index >= 15 is 0 Å². The first-order valence-electron chi connectivity index (χ1n) is 9.93. The second-order valence-corrected chi connectivity index (χ2v) is 9.04. The average Bonchev–Trinajstić information content (AvgIpc) is 3.02. The summed E-state index contributed by atoms with van der Waals surface area (Å²) in [5.74, 6) is -1.60.